The summed E-state index contributed by atoms with van der Waals surface area (Å²) in [7, 11) is 1.77. The molecule has 124 valence electrons. The van der Waals surface area contributed by atoms with Crippen molar-refractivity contribution in [3.05, 3.63) is 64.9 Å². The largest absolute Gasteiger partial charge is 0.491 e. The van der Waals surface area contributed by atoms with E-state index in [-0.39, 0.29) is 0 Å². The van der Waals surface area contributed by atoms with Crippen molar-refractivity contribution < 1.29 is 4.74 Å². The van der Waals surface area contributed by atoms with Crippen molar-refractivity contribution in [3.63, 3.8) is 0 Å². The molecule has 0 radical (unpaired) electrons. The molecule has 2 N–H and O–H groups in total. The van der Waals surface area contributed by atoms with Gasteiger partial charge in [0, 0.05) is 19.0 Å². The van der Waals surface area contributed by atoms with E-state index in [1.165, 1.54) is 10.9 Å². The lowest BCUT2D eigenvalue weighted by Gasteiger charge is -2.13. The Morgan fingerprint density at radius 1 is 1.08 bits per heavy atom. The summed E-state index contributed by atoms with van der Waals surface area (Å²) in [5.41, 5.74) is 1.26. The molecule has 0 saturated heterocycles. The van der Waals surface area contributed by atoms with Gasteiger partial charge in [-0.2, -0.15) is 11.3 Å². The van der Waals surface area contributed by atoms with Crippen LogP contribution in [0.25, 0.3) is 10.8 Å². The predicted octanol–water partition coefficient (Wildman–Crippen LogP) is 3.65. The maximum absolute atomic E-state index is 5.92. The monoisotopic (exact) mass is 339 g/mol. The van der Waals surface area contributed by atoms with Crippen LogP contribution in [-0.4, -0.2) is 26.2 Å². The van der Waals surface area contributed by atoms with E-state index >= 15 is 0 Å². The molecule has 3 aromatic rings. The topological polar surface area (TPSA) is 45.7 Å². The Kier molecular flexibility index (Phi) is 5.69. The number of hydrogen-bond donors (Lipinski definition) is 2. The van der Waals surface area contributed by atoms with Crippen LogP contribution in [0.4, 0.5) is 0 Å². The van der Waals surface area contributed by atoms with Crippen LogP contribution >= 0.6 is 11.3 Å². The average molecular weight is 339 g/mol. The molecule has 0 fully saturated rings. The van der Waals surface area contributed by atoms with Crippen LogP contribution in [0.1, 0.15) is 5.56 Å². The summed E-state index contributed by atoms with van der Waals surface area (Å²) in [6, 6.07) is 16.5. The van der Waals surface area contributed by atoms with Gasteiger partial charge < -0.3 is 15.4 Å². The zero-order valence-electron chi connectivity index (χ0n) is 13.7. The van der Waals surface area contributed by atoms with E-state index in [2.05, 4.69) is 50.7 Å². The molecule has 0 aliphatic rings. The van der Waals surface area contributed by atoms with Crippen LogP contribution in [0.3, 0.4) is 0 Å². The van der Waals surface area contributed by atoms with Crippen molar-refractivity contribution in [3.8, 4) is 5.75 Å². The zero-order valence-corrected chi connectivity index (χ0v) is 14.5. The van der Waals surface area contributed by atoms with Crippen molar-refractivity contribution in [2.45, 2.75) is 6.54 Å². The molecule has 4 nitrogen and oxygen atoms in total. The van der Waals surface area contributed by atoms with E-state index in [1.54, 1.807) is 18.4 Å². The maximum atomic E-state index is 5.92. The second kappa shape index (κ2) is 8.36. The summed E-state index contributed by atoms with van der Waals surface area (Å²) < 4.78 is 5.92. The molecule has 2 aromatic carbocycles. The number of rotatable bonds is 6. The van der Waals surface area contributed by atoms with Gasteiger partial charge in [-0.1, -0.05) is 36.4 Å². The smallest absolute Gasteiger partial charge is 0.191 e. The minimum Gasteiger partial charge on any atom is -0.491 e. The highest BCUT2D eigenvalue weighted by Gasteiger charge is 2.02. The molecule has 0 amide bonds. The standard InChI is InChI=1S/C19H21N3OS/c1-20-19(22-13-15-9-12-24-14-15)21-10-11-23-18-8-4-6-16-5-2-3-7-17(16)18/h2-9,12,14H,10-11,13H2,1H3,(H2,20,21,22). The van der Waals surface area contributed by atoms with Crippen LogP contribution < -0.4 is 15.4 Å². The number of fused-ring (bicyclic) bond motifs is 1. The Balaban J connectivity index is 1.47. The number of ether oxygens (including phenoxy) is 1. The third-order valence-electron chi connectivity index (χ3n) is 3.67. The Morgan fingerprint density at radius 2 is 1.96 bits per heavy atom. The molecule has 0 aliphatic heterocycles. The van der Waals surface area contributed by atoms with E-state index in [0.29, 0.717) is 13.2 Å². The molecule has 0 aliphatic carbocycles. The first-order chi connectivity index (χ1) is 11.9. The summed E-state index contributed by atoms with van der Waals surface area (Å²) in [4.78, 5) is 4.22. The van der Waals surface area contributed by atoms with Crippen LogP contribution in [0.15, 0.2) is 64.3 Å². The fourth-order valence-corrected chi connectivity index (χ4v) is 3.12. The molecule has 1 aromatic heterocycles. The summed E-state index contributed by atoms with van der Waals surface area (Å²) in [5.74, 6) is 1.69. The van der Waals surface area contributed by atoms with Gasteiger partial charge in [-0.3, -0.25) is 4.99 Å². The van der Waals surface area contributed by atoms with Gasteiger partial charge >= 0.3 is 0 Å². The van der Waals surface area contributed by atoms with E-state index in [0.717, 1.165) is 23.6 Å². The van der Waals surface area contributed by atoms with Crippen LogP contribution in [0, 0.1) is 0 Å². The van der Waals surface area contributed by atoms with Gasteiger partial charge in [0.1, 0.15) is 12.4 Å². The average Bonchev–Trinajstić information content (AvgIpc) is 3.15. The number of nitrogens with zero attached hydrogens (tertiary/aromatic N) is 1. The molecule has 24 heavy (non-hydrogen) atoms. The lowest BCUT2D eigenvalue weighted by atomic mass is 10.1. The molecule has 0 saturated carbocycles. The first-order valence-electron chi connectivity index (χ1n) is 7.93. The van der Waals surface area contributed by atoms with Crippen molar-refractivity contribution in [1.29, 1.82) is 0 Å². The third-order valence-corrected chi connectivity index (χ3v) is 4.40. The number of guanidine groups is 1. The maximum Gasteiger partial charge on any atom is 0.191 e. The van der Waals surface area contributed by atoms with E-state index < -0.39 is 0 Å². The number of aliphatic imine (C=N–C) groups is 1. The second-order valence-corrected chi connectivity index (χ2v) is 6.09. The van der Waals surface area contributed by atoms with E-state index in [1.807, 2.05) is 24.3 Å². The van der Waals surface area contributed by atoms with E-state index in [9.17, 15) is 0 Å². The predicted molar refractivity (Wildman–Crippen MR) is 102 cm³/mol. The van der Waals surface area contributed by atoms with E-state index in [4.69, 9.17) is 4.74 Å². The van der Waals surface area contributed by atoms with Gasteiger partial charge in [0.2, 0.25) is 0 Å². The lowest BCUT2D eigenvalue weighted by molar-refractivity contribution is 0.325. The number of benzene rings is 2. The molecule has 0 bridgehead atoms. The summed E-state index contributed by atoms with van der Waals surface area (Å²) >= 11 is 1.70. The van der Waals surface area contributed by atoms with Crippen LogP contribution in [0.5, 0.6) is 5.75 Å². The third kappa shape index (κ3) is 4.26. The molecule has 5 heteroatoms. The minimum absolute atomic E-state index is 0.577. The highest BCUT2D eigenvalue weighted by molar-refractivity contribution is 7.07. The van der Waals surface area contributed by atoms with Gasteiger partial charge in [-0.15, -0.1) is 0 Å². The molecular weight excluding hydrogens is 318 g/mol. The highest BCUT2D eigenvalue weighted by atomic mass is 32.1. The first-order valence-corrected chi connectivity index (χ1v) is 8.87. The Bertz CT molecular complexity index is 794. The summed E-state index contributed by atoms with van der Waals surface area (Å²) in [6.45, 7) is 2.03. The molecule has 0 unspecified atom stereocenters. The van der Waals surface area contributed by atoms with Gasteiger partial charge in [-0.25, -0.2) is 0 Å². The molecule has 1 heterocycles. The van der Waals surface area contributed by atoms with Crippen LogP contribution in [0.2, 0.25) is 0 Å². The summed E-state index contributed by atoms with van der Waals surface area (Å²) in [5, 5.41) is 13.1. The Hall–Kier alpha value is -2.53. The normalized spacial score (nSPS) is 11.5. The van der Waals surface area contributed by atoms with Gasteiger partial charge in [0.05, 0.1) is 6.54 Å². The van der Waals surface area contributed by atoms with Gasteiger partial charge in [-0.05, 0) is 33.8 Å². The number of thiophene rings is 1. The van der Waals surface area contributed by atoms with Crippen LogP contribution in [-0.2, 0) is 6.54 Å². The highest BCUT2D eigenvalue weighted by Crippen LogP contribution is 2.24. The molecular formula is C19H21N3OS. The summed E-state index contributed by atoms with van der Waals surface area (Å²) in [6.07, 6.45) is 0. The Morgan fingerprint density at radius 3 is 2.79 bits per heavy atom. The van der Waals surface area contributed by atoms with Crippen molar-refractivity contribution in [2.75, 3.05) is 20.2 Å². The molecule has 0 atom stereocenters. The van der Waals surface area contributed by atoms with Crippen molar-refractivity contribution in [1.82, 2.24) is 10.6 Å². The van der Waals surface area contributed by atoms with Gasteiger partial charge in [0.15, 0.2) is 5.96 Å². The number of hydrogen-bond acceptors (Lipinski definition) is 3. The fourth-order valence-electron chi connectivity index (χ4n) is 2.45. The van der Waals surface area contributed by atoms with Crippen molar-refractivity contribution >= 4 is 28.1 Å². The fraction of sp³-hybridized carbons (Fsp3) is 0.211. The lowest BCUT2D eigenvalue weighted by Crippen LogP contribution is -2.38. The first kappa shape index (κ1) is 16.3. The van der Waals surface area contributed by atoms with Gasteiger partial charge in [0.25, 0.3) is 0 Å². The molecule has 3 rings (SSSR count). The zero-order chi connectivity index (χ0) is 16.6. The Labute approximate surface area is 146 Å². The van der Waals surface area contributed by atoms with Crippen molar-refractivity contribution in [2.24, 2.45) is 4.99 Å². The minimum atomic E-state index is 0.577. The second-order valence-electron chi connectivity index (χ2n) is 5.31. The number of nitrogens with one attached hydrogen (secondary N) is 2. The molecule has 0 spiro atoms. The quantitative estimate of drug-likeness (QED) is 0.409. The SMILES string of the molecule is CN=C(NCCOc1cccc2ccccc12)NCc1ccsc1.